The molecule has 1 heterocycles. The highest BCUT2D eigenvalue weighted by Crippen LogP contribution is 2.27. The first-order valence-electron chi connectivity index (χ1n) is 8.07. The van der Waals surface area contributed by atoms with E-state index in [0.29, 0.717) is 28.4 Å². The first-order valence-corrected chi connectivity index (χ1v) is 8.07. The fourth-order valence-electron chi connectivity index (χ4n) is 2.39. The van der Waals surface area contributed by atoms with E-state index in [1.807, 2.05) is 12.1 Å². The fourth-order valence-corrected chi connectivity index (χ4v) is 2.39. The summed E-state index contributed by atoms with van der Waals surface area (Å²) in [5, 5.41) is 6.49. The molecule has 0 radical (unpaired) electrons. The minimum absolute atomic E-state index is 0.155. The number of nitrogens with zero attached hydrogens (tertiary/aromatic N) is 2. The highest BCUT2D eigenvalue weighted by atomic mass is 16.6. The van der Waals surface area contributed by atoms with Crippen LogP contribution >= 0.6 is 0 Å². The molecule has 0 unspecified atom stereocenters. The maximum atomic E-state index is 12.2. The molecule has 3 aromatic rings. The smallest absolute Gasteiger partial charge is 0.338 e. The number of esters is 1. The first-order chi connectivity index (χ1) is 13.1. The normalized spacial score (nSPS) is 10.3. The molecular formula is C19H17N3O5. The van der Waals surface area contributed by atoms with Gasteiger partial charge in [0.15, 0.2) is 6.61 Å². The number of aromatic nitrogens is 2. The number of carbonyl (C=O) groups excluding carboxylic acids is 2. The molecular weight excluding hydrogens is 350 g/mol. The number of hydrogen-bond donors (Lipinski definition) is 1. The summed E-state index contributed by atoms with van der Waals surface area (Å²) in [6, 6.07) is 13.7. The molecule has 8 heteroatoms. The number of nitrogens with one attached hydrogen (secondary N) is 1. The lowest BCUT2D eigenvalue weighted by molar-refractivity contribution is -0.114. The van der Waals surface area contributed by atoms with Gasteiger partial charge in [-0.15, -0.1) is 0 Å². The number of para-hydroxylation sites is 1. The average Bonchev–Trinajstić information content (AvgIpc) is 3.14. The highest BCUT2D eigenvalue weighted by Gasteiger charge is 2.15. The number of ether oxygens (including phenoxy) is 2. The SMILES string of the molecule is COc1ccccc1-c1noc(COC(=O)c2cccc(NC(C)=O)c2)n1. The lowest BCUT2D eigenvalue weighted by Gasteiger charge is -2.05. The lowest BCUT2D eigenvalue weighted by atomic mass is 10.2. The molecule has 0 fully saturated rings. The van der Waals surface area contributed by atoms with Gasteiger partial charge in [-0.25, -0.2) is 4.79 Å². The molecule has 0 saturated carbocycles. The van der Waals surface area contributed by atoms with E-state index in [9.17, 15) is 9.59 Å². The van der Waals surface area contributed by atoms with Gasteiger partial charge in [-0.3, -0.25) is 4.79 Å². The highest BCUT2D eigenvalue weighted by molar-refractivity contribution is 5.93. The van der Waals surface area contributed by atoms with E-state index in [-0.39, 0.29) is 18.4 Å². The summed E-state index contributed by atoms with van der Waals surface area (Å²) in [5.74, 6) is 0.305. The van der Waals surface area contributed by atoms with Crippen molar-refractivity contribution < 1.29 is 23.6 Å². The Morgan fingerprint density at radius 1 is 1.15 bits per heavy atom. The number of anilines is 1. The topological polar surface area (TPSA) is 104 Å². The second-order valence-electron chi connectivity index (χ2n) is 5.55. The number of carbonyl (C=O) groups is 2. The van der Waals surface area contributed by atoms with Crippen LogP contribution in [0.25, 0.3) is 11.4 Å². The van der Waals surface area contributed by atoms with Crippen molar-refractivity contribution in [2.45, 2.75) is 13.5 Å². The number of benzene rings is 2. The van der Waals surface area contributed by atoms with Crippen LogP contribution in [-0.2, 0) is 16.1 Å². The van der Waals surface area contributed by atoms with Crippen LogP contribution in [0.4, 0.5) is 5.69 Å². The molecule has 0 atom stereocenters. The summed E-state index contributed by atoms with van der Waals surface area (Å²) in [4.78, 5) is 27.5. The molecule has 0 saturated heterocycles. The molecule has 8 nitrogen and oxygen atoms in total. The summed E-state index contributed by atoms with van der Waals surface area (Å²) < 4.78 is 15.6. The summed E-state index contributed by atoms with van der Waals surface area (Å²) in [6.45, 7) is 1.21. The van der Waals surface area contributed by atoms with Gasteiger partial charge in [0, 0.05) is 12.6 Å². The Labute approximate surface area is 155 Å². The van der Waals surface area contributed by atoms with E-state index >= 15 is 0 Å². The third kappa shape index (κ3) is 4.49. The van der Waals surface area contributed by atoms with Gasteiger partial charge in [-0.05, 0) is 30.3 Å². The van der Waals surface area contributed by atoms with E-state index in [2.05, 4.69) is 15.5 Å². The predicted octanol–water partition coefficient (Wildman–Crippen LogP) is 3.06. The molecule has 27 heavy (non-hydrogen) atoms. The summed E-state index contributed by atoms with van der Waals surface area (Å²) in [7, 11) is 1.55. The van der Waals surface area contributed by atoms with Gasteiger partial charge in [-0.1, -0.05) is 23.4 Å². The third-order valence-electron chi connectivity index (χ3n) is 3.56. The van der Waals surface area contributed by atoms with Crippen molar-refractivity contribution in [1.29, 1.82) is 0 Å². The Balaban J connectivity index is 1.66. The van der Waals surface area contributed by atoms with E-state index in [1.54, 1.807) is 37.4 Å². The molecule has 1 amide bonds. The second-order valence-corrected chi connectivity index (χ2v) is 5.55. The predicted molar refractivity (Wildman–Crippen MR) is 96.2 cm³/mol. The van der Waals surface area contributed by atoms with Crippen LogP contribution in [0, 0.1) is 0 Å². The summed E-state index contributed by atoms with van der Waals surface area (Å²) in [6.07, 6.45) is 0. The zero-order chi connectivity index (χ0) is 19.2. The Morgan fingerprint density at radius 3 is 2.74 bits per heavy atom. The van der Waals surface area contributed by atoms with Gasteiger partial charge in [0.2, 0.25) is 11.7 Å². The van der Waals surface area contributed by atoms with Gasteiger partial charge < -0.3 is 19.3 Å². The van der Waals surface area contributed by atoms with Crippen LogP contribution in [-0.4, -0.2) is 29.1 Å². The Morgan fingerprint density at radius 2 is 1.96 bits per heavy atom. The molecule has 1 N–H and O–H groups in total. The number of hydrogen-bond acceptors (Lipinski definition) is 7. The van der Waals surface area contributed by atoms with Crippen LogP contribution in [0.15, 0.2) is 53.1 Å². The first kappa shape index (κ1) is 18.1. The Bertz CT molecular complexity index is 967. The van der Waals surface area contributed by atoms with E-state index in [4.69, 9.17) is 14.0 Å². The van der Waals surface area contributed by atoms with E-state index in [0.717, 1.165) is 0 Å². The molecule has 0 bridgehead atoms. The van der Waals surface area contributed by atoms with Crippen molar-refractivity contribution in [3.05, 3.63) is 60.0 Å². The second kappa shape index (κ2) is 8.13. The summed E-state index contributed by atoms with van der Waals surface area (Å²) in [5.41, 5.74) is 1.48. The van der Waals surface area contributed by atoms with Gasteiger partial charge >= 0.3 is 5.97 Å². The zero-order valence-electron chi connectivity index (χ0n) is 14.8. The van der Waals surface area contributed by atoms with E-state index < -0.39 is 5.97 Å². The molecule has 138 valence electrons. The number of amides is 1. The van der Waals surface area contributed by atoms with Crippen molar-refractivity contribution >= 4 is 17.6 Å². The monoisotopic (exact) mass is 367 g/mol. The van der Waals surface area contributed by atoms with Crippen molar-refractivity contribution in [1.82, 2.24) is 10.1 Å². The van der Waals surface area contributed by atoms with Gasteiger partial charge in [-0.2, -0.15) is 4.98 Å². The minimum Gasteiger partial charge on any atom is -0.496 e. The van der Waals surface area contributed by atoms with Crippen LogP contribution in [0.3, 0.4) is 0 Å². The van der Waals surface area contributed by atoms with Gasteiger partial charge in [0.1, 0.15) is 5.75 Å². The molecule has 1 aromatic heterocycles. The van der Waals surface area contributed by atoms with Crippen LogP contribution < -0.4 is 10.1 Å². The Hall–Kier alpha value is -3.68. The standard InChI is InChI=1S/C19H17N3O5/c1-12(23)20-14-7-5-6-13(10-14)19(24)26-11-17-21-18(22-27-17)15-8-3-4-9-16(15)25-2/h3-10H,11H2,1-2H3,(H,20,23). The molecule has 2 aromatic carbocycles. The van der Waals surface area contributed by atoms with Crippen molar-refractivity contribution in [3.63, 3.8) is 0 Å². The van der Waals surface area contributed by atoms with Gasteiger partial charge in [0.25, 0.3) is 5.89 Å². The largest absolute Gasteiger partial charge is 0.496 e. The van der Waals surface area contributed by atoms with Crippen LogP contribution in [0.1, 0.15) is 23.2 Å². The molecule has 0 spiro atoms. The molecule has 0 aliphatic rings. The molecule has 0 aliphatic carbocycles. The third-order valence-corrected chi connectivity index (χ3v) is 3.56. The van der Waals surface area contributed by atoms with Crippen LogP contribution in [0.5, 0.6) is 5.75 Å². The van der Waals surface area contributed by atoms with Gasteiger partial charge in [0.05, 0.1) is 18.2 Å². The fraction of sp³-hybridized carbons (Fsp3) is 0.158. The average molecular weight is 367 g/mol. The summed E-state index contributed by atoms with van der Waals surface area (Å²) >= 11 is 0. The maximum Gasteiger partial charge on any atom is 0.338 e. The minimum atomic E-state index is -0.570. The van der Waals surface area contributed by atoms with Crippen molar-refractivity contribution in [2.24, 2.45) is 0 Å². The quantitative estimate of drug-likeness (QED) is 0.668. The lowest BCUT2D eigenvalue weighted by Crippen LogP contribution is -2.09. The van der Waals surface area contributed by atoms with Crippen molar-refractivity contribution in [2.75, 3.05) is 12.4 Å². The van der Waals surface area contributed by atoms with Crippen LogP contribution in [0.2, 0.25) is 0 Å². The number of rotatable bonds is 6. The molecule has 0 aliphatic heterocycles. The van der Waals surface area contributed by atoms with Crippen molar-refractivity contribution in [3.8, 4) is 17.1 Å². The zero-order valence-corrected chi connectivity index (χ0v) is 14.8. The van der Waals surface area contributed by atoms with E-state index in [1.165, 1.54) is 13.0 Å². The number of methoxy groups -OCH3 is 1. The maximum absolute atomic E-state index is 12.2. The Kier molecular flexibility index (Phi) is 5.46. The molecule has 3 rings (SSSR count).